The number of hydrogen-bond acceptors (Lipinski definition) is 2. The Hall–Kier alpha value is -0.990. The first-order valence-corrected chi connectivity index (χ1v) is 5.10. The summed E-state index contributed by atoms with van der Waals surface area (Å²) in [7, 11) is 0. The molecule has 2 nitrogen and oxygen atoms in total. The van der Waals surface area contributed by atoms with Crippen molar-refractivity contribution >= 4 is 17.3 Å². The molecule has 1 aliphatic carbocycles. The first-order valence-electron chi connectivity index (χ1n) is 4.73. The van der Waals surface area contributed by atoms with Crippen LogP contribution in [0.15, 0.2) is 36.4 Å². The van der Waals surface area contributed by atoms with Crippen LogP contribution < -0.4 is 5.06 Å². The number of halogens is 1. The number of hydroxylamine groups is 1. The van der Waals surface area contributed by atoms with Crippen LogP contribution in [0.1, 0.15) is 6.42 Å². The number of anilines is 1. The zero-order valence-electron chi connectivity index (χ0n) is 7.56. The summed E-state index contributed by atoms with van der Waals surface area (Å²) >= 11 is 5.82. The molecule has 3 rings (SSSR count). The molecule has 2 atom stereocenters. The highest BCUT2D eigenvalue weighted by atomic mass is 35.5. The van der Waals surface area contributed by atoms with Crippen molar-refractivity contribution in [2.24, 2.45) is 0 Å². The zero-order valence-corrected chi connectivity index (χ0v) is 8.32. The molecule has 0 spiro atoms. The Morgan fingerprint density at radius 3 is 2.57 bits per heavy atom. The highest BCUT2D eigenvalue weighted by molar-refractivity contribution is 6.30. The Morgan fingerprint density at radius 1 is 1.21 bits per heavy atom. The molecule has 1 heterocycles. The summed E-state index contributed by atoms with van der Waals surface area (Å²) in [6, 6.07) is 8.14. The molecule has 2 bridgehead atoms. The van der Waals surface area contributed by atoms with Gasteiger partial charge >= 0.3 is 0 Å². The van der Waals surface area contributed by atoms with Crippen LogP contribution in [-0.4, -0.2) is 12.1 Å². The highest BCUT2D eigenvalue weighted by Crippen LogP contribution is 2.33. The van der Waals surface area contributed by atoms with Gasteiger partial charge in [-0.3, -0.25) is 4.84 Å². The van der Waals surface area contributed by atoms with Crippen molar-refractivity contribution < 1.29 is 4.84 Å². The second-order valence-electron chi connectivity index (χ2n) is 3.63. The third-order valence-electron chi connectivity index (χ3n) is 2.65. The number of fused-ring (bicyclic) bond motifs is 2. The van der Waals surface area contributed by atoms with Gasteiger partial charge in [0.05, 0.1) is 11.7 Å². The van der Waals surface area contributed by atoms with Gasteiger partial charge in [-0.2, -0.15) is 0 Å². The SMILES string of the molecule is Clc1ccc(N2OC3C=CC2C3)cc1. The average molecular weight is 208 g/mol. The van der Waals surface area contributed by atoms with Gasteiger partial charge in [-0.05, 0) is 24.3 Å². The molecular weight excluding hydrogens is 198 g/mol. The summed E-state index contributed by atoms with van der Waals surface area (Å²) in [6.45, 7) is 0. The largest absolute Gasteiger partial charge is 0.265 e. The second kappa shape index (κ2) is 3.01. The lowest BCUT2D eigenvalue weighted by molar-refractivity contribution is 0.110. The van der Waals surface area contributed by atoms with Gasteiger partial charge < -0.3 is 0 Å². The van der Waals surface area contributed by atoms with Crippen LogP contribution in [0, 0.1) is 0 Å². The van der Waals surface area contributed by atoms with E-state index < -0.39 is 0 Å². The lowest BCUT2D eigenvalue weighted by atomic mass is 10.2. The standard InChI is InChI=1S/C11H10ClNO/c12-8-1-3-9(4-2-8)13-10-5-6-11(7-10)14-13/h1-6,10-11H,7H2. The molecule has 0 N–H and O–H groups in total. The van der Waals surface area contributed by atoms with Gasteiger partial charge in [0.1, 0.15) is 6.10 Å². The van der Waals surface area contributed by atoms with E-state index in [1.54, 1.807) is 0 Å². The Balaban J connectivity index is 1.90. The maximum atomic E-state index is 5.82. The smallest absolute Gasteiger partial charge is 0.106 e. The predicted octanol–water partition coefficient (Wildman–Crippen LogP) is 2.79. The van der Waals surface area contributed by atoms with Crippen molar-refractivity contribution in [1.29, 1.82) is 0 Å². The minimum absolute atomic E-state index is 0.274. The third-order valence-corrected chi connectivity index (χ3v) is 2.90. The number of hydrogen-bond donors (Lipinski definition) is 0. The molecule has 1 fully saturated rings. The molecule has 0 aromatic heterocycles. The summed E-state index contributed by atoms with van der Waals surface area (Å²) in [4.78, 5) is 5.69. The molecule has 2 aliphatic rings. The number of rotatable bonds is 1. The maximum absolute atomic E-state index is 5.82. The summed E-state index contributed by atoms with van der Waals surface area (Å²) in [5.41, 5.74) is 1.08. The van der Waals surface area contributed by atoms with E-state index in [-0.39, 0.29) is 6.10 Å². The lowest BCUT2D eigenvalue weighted by Gasteiger charge is -2.24. The van der Waals surface area contributed by atoms with E-state index in [0.29, 0.717) is 6.04 Å². The summed E-state index contributed by atoms with van der Waals surface area (Å²) in [5, 5.41) is 2.72. The topological polar surface area (TPSA) is 12.5 Å². The highest BCUT2D eigenvalue weighted by Gasteiger charge is 2.35. The van der Waals surface area contributed by atoms with Crippen LogP contribution in [0.2, 0.25) is 5.02 Å². The fourth-order valence-corrected chi connectivity index (χ4v) is 2.09. The molecule has 0 amide bonds. The predicted molar refractivity (Wildman–Crippen MR) is 56.3 cm³/mol. The zero-order chi connectivity index (χ0) is 9.54. The van der Waals surface area contributed by atoms with E-state index in [1.165, 1.54) is 0 Å². The second-order valence-corrected chi connectivity index (χ2v) is 4.07. The van der Waals surface area contributed by atoms with Crippen molar-refractivity contribution in [1.82, 2.24) is 0 Å². The minimum Gasteiger partial charge on any atom is -0.265 e. The van der Waals surface area contributed by atoms with E-state index in [2.05, 4.69) is 12.2 Å². The molecule has 1 aromatic carbocycles. The van der Waals surface area contributed by atoms with Crippen LogP contribution in [-0.2, 0) is 4.84 Å². The third kappa shape index (κ3) is 1.22. The average Bonchev–Trinajstić information content (AvgIpc) is 2.80. The van der Waals surface area contributed by atoms with Gasteiger partial charge in [-0.15, -0.1) is 0 Å². The van der Waals surface area contributed by atoms with E-state index >= 15 is 0 Å². The normalized spacial score (nSPS) is 28.8. The molecule has 1 aromatic rings. The van der Waals surface area contributed by atoms with Crippen molar-refractivity contribution in [3.05, 3.63) is 41.4 Å². The molecule has 14 heavy (non-hydrogen) atoms. The monoisotopic (exact) mass is 207 g/mol. The van der Waals surface area contributed by atoms with Crippen LogP contribution in [0.5, 0.6) is 0 Å². The first-order chi connectivity index (χ1) is 6.83. The first kappa shape index (κ1) is 8.33. The van der Waals surface area contributed by atoms with Crippen molar-refractivity contribution in [3.63, 3.8) is 0 Å². The summed E-state index contributed by atoms with van der Waals surface area (Å²) < 4.78 is 0. The van der Waals surface area contributed by atoms with E-state index in [4.69, 9.17) is 16.4 Å². The van der Waals surface area contributed by atoms with Gasteiger partial charge in [-0.25, -0.2) is 5.06 Å². The molecule has 0 saturated carbocycles. The molecule has 1 saturated heterocycles. The van der Waals surface area contributed by atoms with Crippen molar-refractivity contribution in [3.8, 4) is 0 Å². The number of nitrogens with zero attached hydrogens (tertiary/aromatic N) is 1. The Kier molecular flexibility index (Phi) is 1.79. The van der Waals surface area contributed by atoms with Crippen LogP contribution in [0.25, 0.3) is 0 Å². The molecule has 2 unspecified atom stereocenters. The van der Waals surface area contributed by atoms with Crippen LogP contribution in [0.4, 0.5) is 5.69 Å². The van der Waals surface area contributed by atoms with Crippen LogP contribution in [0.3, 0.4) is 0 Å². The Bertz CT molecular complexity index is 373. The minimum atomic E-state index is 0.274. The molecule has 1 aliphatic heterocycles. The summed E-state index contributed by atoms with van der Waals surface area (Å²) in [5.74, 6) is 0. The van der Waals surface area contributed by atoms with Gasteiger partial charge in [0.25, 0.3) is 0 Å². The molecular formula is C11H10ClNO. The summed E-state index contributed by atoms with van der Waals surface area (Å²) in [6.07, 6.45) is 5.67. The van der Waals surface area contributed by atoms with Crippen molar-refractivity contribution in [2.75, 3.05) is 5.06 Å². The fraction of sp³-hybridized carbons (Fsp3) is 0.273. The molecule has 3 heteroatoms. The van der Waals surface area contributed by atoms with Gasteiger partial charge in [0, 0.05) is 11.4 Å². The Labute approximate surface area is 87.7 Å². The van der Waals surface area contributed by atoms with E-state index in [0.717, 1.165) is 17.1 Å². The fourth-order valence-electron chi connectivity index (χ4n) is 1.96. The molecule has 0 radical (unpaired) electrons. The van der Waals surface area contributed by atoms with E-state index in [9.17, 15) is 0 Å². The quantitative estimate of drug-likeness (QED) is 0.657. The van der Waals surface area contributed by atoms with Gasteiger partial charge in [0.2, 0.25) is 0 Å². The number of benzene rings is 1. The van der Waals surface area contributed by atoms with Gasteiger partial charge in [-0.1, -0.05) is 23.8 Å². The maximum Gasteiger partial charge on any atom is 0.106 e. The van der Waals surface area contributed by atoms with Crippen molar-refractivity contribution in [2.45, 2.75) is 18.6 Å². The molecule has 72 valence electrons. The van der Waals surface area contributed by atoms with E-state index in [1.807, 2.05) is 29.3 Å². The Morgan fingerprint density at radius 2 is 2.00 bits per heavy atom. The lowest BCUT2D eigenvalue weighted by Crippen LogP contribution is -2.27. The van der Waals surface area contributed by atoms with Crippen LogP contribution >= 0.6 is 11.6 Å². The van der Waals surface area contributed by atoms with Gasteiger partial charge in [0.15, 0.2) is 0 Å².